The normalized spacial score (nSPS) is 15.6. The van der Waals surface area contributed by atoms with E-state index in [1.807, 2.05) is 39.0 Å². The molecule has 0 aliphatic carbocycles. The molecule has 8 nitrogen and oxygen atoms in total. The number of nitrogens with zero attached hydrogens (tertiary/aromatic N) is 4. The summed E-state index contributed by atoms with van der Waals surface area (Å²) in [7, 11) is 2.16. The number of nitrogens with one attached hydrogen (secondary N) is 3. The van der Waals surface area contributed by atoms with Crippen molar-refractivity contribution in [3.63, 3.8) is 0 Å². The van der Waals surface area contributed by atoms with Crippen LogP contribution in [0.5, 0.6) is 0 Å². The van der Waals surface area contributed by atoms with Gasteiger partial charge in [0.05, 0.1) is 27.6 Å². The van der Waals surface area contributed by atoms with Crippen molar-refractivity contribution in [3.05, 3.63) is 36.4 Å². The fourth-order valence-electron chi connectivity index (χ4n) is 4.03. The molecule has 0 unspecified atom stereocenters. The second-order valence-corrected chi connectivity index (χ2v) is 9.58. The maximum absolute atomic E-state index is 12.6. The number of piperazine rings is 1. The van der Waals surface area contributed by atoms with E-state index in [1.54, 1.807) is 0 Å². The van der Waals surface area contributed by atoms with Crippen LogP contribution in [0.3, 0.4) is 0 Å². The highest BCUT2D eigenvalue weighted by Crippen LogP contribution is 2.33. The number of hydrogen-bond acceptors (Lipinski definition) is 5. The van der Waals surface area contributed by atoms with Crippen molar-refractivity contribution in [2.75, 3.05) is 43.4 Å². The first kappa shape index (κ1) is 20.5. The maximum atomic E-state index is 12.6. The van der Waals surface area contributed by atoms with Crippen LogP contribution in [-0.2, 0) is 4.79 Å². The quantitative estimate of drug-likeness (QED) is 0.458. The van der Waals surface area contributed by atoms with Crippen LogP contribution >= 0.6 is 0 Å². The summed E-state index contributed by atoms with van der Waals surface area (Å²) in [6.45, 7) is 9.86. The Kier molecular flexibility index (Phi) is 4.89. The van der Waals surface area contributed by atoms with Gasteiger partial charge in [-0.3, -0.25) is 9.89 Å². The van der Waals surface area contributed by atoms with Gasteiger partial charge in [0.15, 0.2) is 5.82 Å². The molecule has 166 valence electrons. The van der Waals surface area contributed by atoms with Gasteiger partial charge in [0.25, 0.3) is 0 Å². The number of aromatic amines is 2. The Balaban J connectivity index is 1.52. The monoisotopic (exact) mass is 431 g/mol. The summed E-state index contributed by atoms with van der Waals surface area (Å²) in [4.78, 5) is 25.6. The number of benzene rings is 2. The molecule has 0 atom stereocenters. The van der Waals surface area contributed by atoms with Gasteiger partial charge in [-0.25, -0.2) is 4.98 Å². The predicted octanol–water partition coefficient (Wildman–Crippen LogP) is 3.84. The third-order valence-electron chi connectivity index (χ3n) is 6.08. The molecule has 2 aromatic heterocycles. The molecule has 1 amide bonds. The van der Waals surface area contributed by atoms with Gasteiger partial charge >= 0.3 is 0 Å². The van der Waals surface area contributed by atoms with Crippen molar-refractivity contribution in [2.24, 2.45) is 5.41 Å². The van der Waals surface area contributed by atoms with E-state index in [4.69, 9.17) is 4.98 Å². The van der Waals surface area contributed by atoms with E-state index >= 15 is 0 Å². The van der Waals surface area contributed by atoms with Crippen molar-refractivity contribution in [1.82, 2.24) is 25.1 Å². The number of imidazole rings is 1. The number of aromatic nitrogens is 4. The SMILES string of the molecule is CN1CCN(c2ccc3nc(-c4n[nH]c5cccc(NC(=O)C(C)(C)C)c45)[nH]c3c2)CC1. The number of H-pyrrole nitrogens is 2. The Morgan fingerprint density at radius 3 is 2.59 bits per heavy atom. The summed E-state index contributed by atoms with van der Waals surface area (Å²) in [6, 6.07) is 12.1. The molecule has 8 heteroatoms. The molecule has 1 fully saturated rings. The fourth-order valence-corrected chi connectivity index (χ4v) is 4.03. The lowest BCUT2D eigenvalue weighted by molar-refractivity contribution is -0.123. The van der Waals surface area contributed by atoms with E-state index in [9.17, 15) is 4.79 Å². The van der Waals surface area contributed by atoms with Gasteiger partial charge in [-0.15, -0.1) is 0 Å². The summed E-state index contributed by atoms with van der Waals surface area (Å²) < 4.78 is 0. The molecule has 32 heavy (non-hydrogen) atoms. The molecular formula is C24H29N7O. The molecule has 5 rings (SSSR count). The van der Waals surface area contributed by atoms with Crippen LogP contribution in [0.2, 0.25) is 0 Å². The van der Waals surface area contributed by atoms with Crippen LogP contribution in [0.4, 0.5) is 11.4 Å². The van der Waals surface area contributed by atoms with Crippen LogP contribution in [0.15, 0.2) is 36.4 Å². The highest BCUT2D eigenvalue weighted by molar-refractivity contribution is 6.07. The molecule has 3 N–H and O–H groups in total. The van der Waals surface area contributed by atoms with Gasteiger partial charge in [0.1, 0.15) is 5.69 Å². The van der Waals surface area contributed by atoms with Gasteiger partial charge in [0.2, 0.25) is 5.91 Å². The lowest BCUT2D eigenvalue weighted by Gasteiger charge is -2.34. The van der Waals surface area contributed by atoms with E-state index in [2.05, 4.69) is 55.5 Å². The van der Waals surface area contributed by atoms with Crippen molar-refractivity contribution in [3.8, 4) is 11.5 Å². The van der Waals surface area contributed by atoms with E-state index in [0.29, 0.717) is 11.5 Å². The lowest BCUT2D eigenvalue weighted by atomic mass is 9.95. The van der Waals surface area contributed by atoms with E-state index in [0.717, 1.165) is 53.8 Å². The number of carbonyl (C=O) groups is 1. The Labute approximate surface area is 187 Å². The number of hydrogen-bond donors (Lipinski definition) is 3. The van der Waals surface area contributed by atoms with Gasteiger partial charge < -0.3 is 20.1 Å². The molecule has 3 heterocycles. The minimum absolute atomic E-state index is 0.0430. The first-order chi connectivity index (χ1) is 15.3. The minimum atomic E-state index is -0.495. The number of carbonyl (C=O) groups excluding carboxylic acids is 1. The van der Waals surface area contributed by atoms with Gasteiger partial charge in [-0.2, -0.15) is 5.10 Å². The molecule has 0 radical (unpaired) electrons. The van der Waals surface area contributed by atoms with Gasteiger partial charge in [0, 0.05) is 37.3 Å². The number of anilines is 2. The standard InChI is InChI=1S/C24H29N7O/c1-24(2,3)23(32)27-17-6-5-7-18-20(17)21(29-28-18)22-25-16-9-8-15(14-19(16)26-22)31-12-10-30(4)11-13-31/h5-9,14H,10-13H2,1-4H3,(H,25,26)(H,27,32)(H,28,29). The molecule has 4 aromatic rings. The highest BCUT2D eigenvalue weighted by Gasteiger charge is 2.24. The summed E-state index contributed by atoms with van der Waals surface area (Å²) >= 11 is 0. The second-order valence-electron chi connectivity index (χ2n) is 9.58. The van der Waals surface area contributed by atoms with E-state index in [-0.39, 0.29) is 5.91 Å². The van der Waals surface area contributed by atoms with Crippen LogP contribution < -0.4 is 10.2 Å². The average Bonchev–Trinajstić information content (AvgIpc) is 3.37. The first-order valence-corrected chi connectivity index (χ1v) is 11.0. The Bertz CT molecular complexity index is 1290. The van der Waals surface area contributed by atoms with Crippen molar-refractivity contribution in [1.29, 1.82) is 0 Å². The topological polar surface area (TPSA) is 92.9 Å². The molecule has 1 aliphatic rings. The average molecular weight is 432 g/mol. The van der Waals surface area contributed by atoms with Crippen LogP contribution in [-0.4, -0.2) is 64.2 Å². The summed E-state index contributed by atoms with van der Waals surface area (Å²) in [5.41, 5.74) is 4.85. The highest BCUT2D eigenvalue weighted by atomic mass is 16.2. The third-order valence-corrected chi connectivity index (χ3v) is 6.08. The van der Waals surface area contributed by atoms with Crippen molar-refractivity contribution >= 4 is 39.2 Å². The van der Waals surface area contributed by atoms with E-state index in [1.165, 1.54) is 5.69 Å². The zero-order valence-corrected chi connectivity index (χ0v) is 19.0. The van der Waals surface area contributed by atoms with Crippen LogP contribution in [0, 0.1) is 5.41 Å². The predicted molar refractivity (Wildman–Crippen MR) is 129 cm³/mol. The first-order valence-electron chi connectivity index (χ1n) is 11.0. The van der Waals surface area contributed by atoms with E-state index < -0.39 is 5.41 Å². The smallest absolute Gasteiger partial charge is 0.229 e. The van der Waals surface area contributed by atoms with Gasteiger partial charge in [-0.1, -0.05) is 26.8 Å². The molecule has 1 aliphatic heterocycles. The number of rotatable bonds is 3. The molecular weight excluding hydrogens is 402 g/mol. The fraction of sp³-hybridized carbons (Fsp3) is 0.375. The number of likely N-dealkylation sites (N-methyl/N-ethyl adjacent to an activating group) is 1. The van der Waals surface area contributed by atoms with Crippen LogP contribution in [0.25, 0.3) is 33.5 Å². The van der Waals surface area contributed by atoms with Crippen molar-refractivity contribution in [2.45, 2.75) is 20.8 Å². The van der Waals surface area contributed by atoms with Crippen molar-refractivity contribution < 1.29 is 4.79 Å². The summed E-state index contributed by atoms with van der Waals surface area (Å²) in [5, 5.41) is 11.5. The Hall–Kier alpha value is -3.39. The number of amides is 1. The molecule has 0 spiro atoms. The lowest BCUT2D eigenvalue weighted by Crippen LogP contribution is -2.44. The number of fused-ring (bicyclic) bond motifs is 2. The summed E-state index contributed by atoms with van der Waals surface area (Å²) in [6.07, 6.45) is 0. The zero-order valence-electron chi connectivity index (χ0n) is 19.0. The Morgan fingerprint density at radius 2 is 1.84 bits per heavy atom. The molecule has 0 bridgehead atoms. The van der Waals surface area contributed by atoms with Crippen LogP contribution in [0.1, 0.15) is 20.8 Å². The van der Waals surface area contributed by atoms with Gasteiger partial charge in [-0.05, 0) is 37.4 Å². The Morgan fingerprint density at radius 1 is 1.06 bits per heavy atom. The zero-order chi connectivity index (χ0) is 22.5. The molecule has 0 saturated carbocycles. The maximum Gasteiger partial charge on any atom is 0.229 e. The summed E-state index contributed by atoms with van der Waals surface area (Å²) in [5.74, 6) is 0.637. The molecule has 2 aromatic carbocycles. The second kappa shape index (κ2) is 7.63. The molecule has 1 saturated heterocycles. The minimum Gasteiger partial charge on any atom is -0.369 e. The third kappa shape index (κ3) is 3.71. The largest absolute Gasteiger partial charge is 0.369 e.